The highest BCUT2D eigenvalue weighted by atomic mass is 19.1. The summed E-state index contributed by atoms with van der Waals surface area (Å²) in [5.74, 6) is 4.75. The van der Waals surface area contributed by atoms with Crippen molar-refractivity contribution in [1.29, 1.82) is 0 Å². The molecule has 1 aromatic rings. The second-order valence-corrected chi connectivity index (χ2v) is 1.71. The van der Waals surface area contributed by atoms with Crippen LogP contribution in [0.3, 0.4) is 0 Å². The van der Waals surface area contributed by atoms with Crippen molar-refractivity contribution in [3.8, 4) is 11.8 Å². The number of hydrogen-bond acceptors (Lipinski definition) is 1. The fraction of sp³-hybridized carbons (Fsp3) is 0.300. The van der Waals surface area contributed by atoms with Crippen LogP contribution < -0.4 is 0 Å². The molecule has 0 saturated carbocycles. The van der Waals surface area contributed by atoms with E-state index in [0.29, 0.717) is 0 Å². The fourth-order valence-electron chi connectivity index (χ4n) is 0.596. The van der Waals surface area contributed by atoms with E-state index in [1.54, 1.807) is 6.92 Å². The van der Waals surface area contributed by atoms with Gasteiger partial charge in [0.2, 0.25) is 0 Å². The van der Waals surface area contributed by atoms with Crippen LogP contribution in [0.5, 0.6) is 0 Å². The van der Waals surface area contributed by atoms with E-state index in [0.717, 1.165) is 0 Å². The third-order valence-electron chi connectivity index (χ3n) is 1.00. The van der Waals surface area contributed by atoms with Crippen LogP contribution in [-0.2, 0) is 0 Å². The van der Waals surface area contributed by atoms with Crippen LogP contribution in [0.1, 0.15) is 26.5 Å². The molecule has 0 radical (unpaired) electrons. The Morgan fingerprint density at radius 1 is 1.42 bits per heavy atom. The first-order valence-electron chi connectivity index (χ1n) is 3.88. The number of aromatic nitrogens is 1. The molecule has 12 heavy (non-hydrogen) atoms. The van der Waals surface area contributed by atoms with E-state index in [1.807, 2.05) is 13.8 Å². The average molecular weight is 165 g/mol. The van der Waals surface area contributed by atoms with Crippen molar-refractivity contribution >= 4 is 0 Å². The van der Waals surface area contributed by atoms with Gasteiger partial charge in [-0.1, -0.05) is 19.8 Å². The van der Waals surface area contributed by atoms with Gasteiger partial charge in [0, 0.05) is 6.20 Å². The fourth-order valence-corrected chi connectivity index (χ4v) is 0.596. The topological polar surface area (TPSA) is 12.9 Å². The number of hydrogen-bond donors (Lipinski definition) is 0. The molecule has 0 amide bonds. The first-order valence-corrected chi connectivity index (χ1v) is 3.88. The standard InChI is InChI=1S/C8H6FN.C2H6/c1-2-4-8-7(9)5-3-6-10-8;1-2/h3,5-6H,1H3;1-2H3. The predicted molar refractivity (Wildman–Crippen MR) is 48.1 cm³/mol. The van der Waals surface area contributed by atoms with Gasteiger partial charge >= 0.3 is 0 Å². The molecule has 0 bridgehead atoms. The smallest absolute Gasteiger partial charge is 0.157 e. The number of rotatable bonds is 0. The minimum absolute atomic E-state index is 0.213. The zero-order chi connectivity index (χ0) is 9.40. The Kier molecular flexibility index (Phi) is 5.64. The lowest BCUT2D eigenvalue weighted by molar-refractivity contribution is 0.617. The first-order chi connectivity index (χ1) is 5.84. The van der Waals surface area contributed by atoms with E-state index >= 15 is 0 Å². The van der Waals surface area contributed by atoms with E-state index < -0.39 is 0 Å². The van der Waals surface area contributed by atoms with Gasteiger partial charge in [-0.3, -0.25) is 0 Å². The molecule has 64 valence electrons. The Labute approximate surface area is 72.6 Å². The molecule has 0 aromatic carbocycles. The van der Waals surface area contributed by atoms with Gasteiger partial charge in [0.25, 0.3) is 0 Å². The molecule has 1 rings (SSSR count). The minimum Gasteiger partial charge on any atom is -0.245 e. The van der Waals surface area contributed by atoms with Gasteiger partial charge in [0.1, 0.15) is 5.69 Å². The molecule has 0 atom stereocenters. The van der Waals surface area contributed by atoms with Gasteiger partial charge in [0.05, 0.1) is 0 Å². The van der Waals surface area contributed by atoms with Gasteiger partial charge in [0.15, 0.2) is 5.82 Å². The van der Waals surface area contributed by atoms with E-state index in [-0.39, 0.29) is 11.5 Å². The molecule has 0 aliphatic rings. The SMILES string of the molecule is CC.CC#Cc1ncccc1F. The molecule has 0 saturated heterocycles. The highest BCUT2D eigenvalue weighted by molar-refractivity contribution is 5.27. The van der Waals surface area contributed by atoms with Crippen molar-refractivity contribution in [2.45, 2.75) is 20.8 Å². The number of pyridine rings is 1. The summed E-state index contributed by atoms with van der Waals surface area (Å²) in [5.41, 5.74) is 0.213. The second kappa shape index (κ2) is 6.36. The molecule has 0 aliphatic carbocycles. The minimum atomic E-state index is -0.364. The largest absolute Gasteiger partial charge is 0.245 e. The van der Waals surface area contributed by atoms with Crippen molar-refractivity contribution in [2.24, 2.45) is 0 Å². The van der Waals surface area contributed by atoms with Crippen LogP contribution in [0.15, 0.2) is 18.3 Å². The lowest BCUT2D eigenvalue weighted by Gasteiger charge is -1.88. The zero-order valence-electron chi connectivity index (χ0n) is 7.56. The van der Waals surface area contributed by atoms with E-state index in [4.69, 9.17) is 0 Å². The Morgan fingerprint density at radius 3 is 2.58 bits per heavy atom. The highest BCUT2D eigenvalue weighted by Gasteiger charge is 1.94. The van der Waals surface area contributed by atoms with Crippen LogP contribution in [-0.4, -0.2) is 4.98 Å². The quantitative estimate of drug-likeness (QED) is 0.538. The predicted octanol–water partition coefficient (Wildman–Crippen LogP) is 2.62. The van der Waals surface area contributed by atoms with Gasteiger partial charge in [-0.2, -0.15) is 0 Å². The molecule has 1 aromatic heterocycles. The Bertz CT molecular complexity index is 283. The van der Waals surface area contributed by atoms with Crippen LogP contribution in [0, 0.1) is 17.7 Å². The van der Waals surface area contributed by atoms with Crippen molar-refractivity contribution in [3.63, 3.8) is 0 Å². The van der Waals surface area contributed by atoms with Gasteiger partial charge in [-0.05, 0) is 25.0 Å². The Morgan fingerprint density at radius 2 is 2.08 bits per heavy atom. The normalized spacial score (nSPS) is 7.33. The highest BCUT2D eigenvalue weighted by Crippen LogP contribution is 1.98. The first kappa shape index (κ1) is 10.6. The molecule has 2 heteroatoms. The van der Waals surface area contributed by atoms with Crippen molar-refractivity contribution in [3.05, 3.63) is 29.8 Å². The molecule has 0 spiro atoms. The molecular weight excluding hydrogens is 153 g/mol. The van der Waals surface area contributed by atoms with Crippen molar-refractivity contribution in [1.82, 2.24) is 4.98 Å². The van der Waals surface area contributed by atoms with Gasteiger partial charge < -0.3 is 0 Å². The van der Waals surface area contributed by atoms with Crippen LogP contribution in [0.4, 0.5) is 4.39 Å². The molecular formula is C10H12FN. The summed E-state index contributed by atoms with van der Waals surface area (Å²) in [7, 11) is 0. The number of nitrogens with zero attached hydrogens (tertiary/aromatic N) is 1. The Balaban J connectivity index is 0.000000561. The summed E-state index contributed by atoms with van der Waals surface area (Å²) in [6.45, 7) is 5.65. The van der Waals surface area contributed by atoms with Crippen molar-refractivity contribution in [2.75, 3.05) is 0 Å². The zero-order valence-corrected chi connectivity index (χ0v) is 7.56. The summed E-state index contributed by atoms with van der Waals surface area (Å²) in [6, 6.07) is 2.88. The summed E-state index contributed by atoms with van der Waals surface area (Å²) in [4.78, 5) is 3.72. The molecule has 1 nitrogen and oxygen atoms in total. The summed E-state index contributed by atoms with van der Waals surface area (Å²) in [5, 5.41) is 0. The monoisotopic (exact) mass is 165 g/mol. The van der Waals surface area contributed by atoms with E-state index in [9.17, 15) is 4.39 Å². The van der Waals surface area contributed by atoms with Gasteiger partial charge in [-0.25, -0.2) is 9.37 Å². The van der Waals surface area contributed by atoms with Crippen LogP contribution >= 0.6 is 0 Å². The molecule has 0 fully saturated rings. The molecule has 0 N–H and O–H groups in total. The van der Waals surface area contributed by atoms with E-state index in [2.05, 4.69) is 16.8 Å². The van der Waals surface area contributed by atoms with E-state index in [1.165, 1.54) is 18.3 Å². The van der Waals surface area contributed by atoms with Crippen LogP contribution in [0.25, 0.3) is 0 Å². The third-order valence-corrected chi connectivity index (χ3v) is 1.00. The maximum Gasteiger partial charge on any atom is 0.157 e. The summed E-state index contributed by atoms with van der Waals surface area (Å²) in [6.07, 6.45) is 1.52. The van der Waals surface area contributed by atoms with Crippen LogP contribution in [0.2, 0.25) is 0 Å². The summed E-state index contributed by atoms with van der Waals surface area (Å²) < 4.78 is 12.6. The third kappa shape index (κ3) is 3.16. The maximum absolute atomic E-state index is 12.6. The van der Waals surface area contributed by atoms with Gasteiger partial charge in [-0.15, -0.1) is 0 Å². The molecule has 0 unspecified atom stereocenters. The Hall–Kier alpha value is -1.36. The lowest BCUT2D eigenvalue weighted by Crippen LogP contribution is -1.85. The second-order valence-electron chi connectivity index (χ2n) is 1.71. The molecule has 0 aliphatic heterocycles. The number of halogens is 1. The van der Waals surface area contributed by atoms with Crippen molar-refractivity contribution < 1.29 is 4.39 Å². The maximum atomic E-state index is 12.6. The summed E-state index contributed by atoms with van der Waals surface area (Å²) >= 11 is 0. The lowest BCUT2D eigenvalue weighted by atomic mass is 10.3. The average Bonchev–Trinajstić information content (AvgIpc) is 2.13. The molecule has 1 heterocycles.